The summed E-state index contributed by atoms with van der Waals surface area (Å²) in [6, 6.07) is 0. The lowest BCUT2D eigenvalue weighted by molar-refractivity contribution is 0.310. The number of aromatic nitrogens is 2. The van der Waals surface area contributed by atoms with Crippen LogP contribution in [0.1, 0.15) is 39.2 Å². The smallest absolute Gasteiger partial charge is 0.137 e. The first-order valence-electron chi connectivity index (χ1n) is 6.97. The van der Waals surface area contributed by atoms with Gasteiger partial charge in [-0.3, -0.25) is 0 Å². The first-order valence-corrected chi connectivity index (χ1v) is 6.97. The molecule has 2 N–H and O–H groups in total. The van der Waals surface area contributed by atoms with Gasteiger partial charge in [0.1, 0.15) is 18.0 Å². The Kier molecular flexibility index (Phi) is 4.04. The minimum atomic E-state index is 0.633. The number of hydrogen-bond donors (Lipinski definition) is 1. The van der Waals surface area contributed by atoms with Gasteiger partial charge in [-0.1, -0.05) is 20.8 Å². The summed E-state index contributed by atoms with van der Waals surface area (Å²) in [6.07, 6.45) is 4.99. The van der Waals surface area contributed by atoms with Crippen LogP contribution in [0.2, 0.25) is 0 Å². The number of hydrogen-bond acceptors (Lipinski definition) is 4. The molecular weight excluding hydrogens is 224 g/mol. The predicted octanol–water partition coefficient (Wildman–Crippen LogP) is 2.49. The molecule has 0 atom stereocenters. The van der Waals surface area contributed by atoms with E-state index in [1.54, 1.807) is 6.33 Å². The molecule has 1 aromatic heterocycles. The number of piperidine rings is 1. The molecule has 1 aliphatic rings. The van der Waals surface area contributed by atoms with Crippen LogP contribution in [-0.4, -0.2) is 23.1 Å². The standard InChI is InChI=1S/C14H24N4/c1-4-12-13(15)16-9-17-14(12)18-7-5-11(6-8-18)10(2)3/h9-11H,4-8H2,1-3H3,(H2,15,16,17). The van der Waals surface area contributed by atoms with Gasteiger partial charge in [0.2, 0.25) is 0 Å². The van der Waals surface area contributed by atoms with Gasteiger partial charge in [-0.25, -0.2) is 9.97 Å². The van der Waals surface area contributed by atoms with E-state index in [0.717, 1.165) is 42.7 Å². The van der Waals surface area contributed by atoms with Crippen molar-refractivity contribution in [2.75, 3.05) is 23.7 Å². The lowest BCUT2D eigenvalue weighted by Crippen LogP contribution is -2.36. The number of nitrogens with two attached hydrogens (primary N) is 1. The zero-order valence-electron chi connectivity index (χ0n) is 11.7. The van der Waals surface area contributed by atoms with Gasteiger partial charge in [-0.15, -0.1) is 0 Å². The van der Waals surface area contributed by atoms with E-state index in [9.17, 15) is 0 Å². The molecule has 100 valence electrons. The summed E-state index contributed by atoms with van der Waals surface area (Å²) in [4.78, 5) is 10.9. The predicted molar refractivity (Wildman–Crippen MR) is 75.6 cm³/mol. The van der Waals surface area contributed by atoms with Crippen LogP contribution in [0.15, 0.2) is 6.33 Å². The van der Waals surface area contributed by atoms with Crippen molar-refractivity contribution in [2.45, 2.75) is 40.0 Å². The largest absolute Gasteiger partial charge is 0.383 e. The molecule has 0 aliphatic carbocycles. The Morgan fingerprint density at radius 3 is 2.56 bits per heavy atom. The summed E-state index contributed by atoms with van der Waals surface area (Å²) in [6.45, 7) is 8.93. The van der Waals surface area contributed by atoms with Gasteiger partial charge in [-0.2, -0.15) is 0 Å². The van der Waals surface area contributed by atoms with Gasteiger partial charge in [0.15, 0.2) is 0 Å². The first-order chi connectivity index (χ1) is 8.63. The van der Waals surface area contributed by atoms with Gasteiger partial charge in [0.25, 0.3) is 0 Å². The minimum absolute atomic E-state index is 0.633. The topological polar surface area (TPSA) is 55.0 Å². The molecule has 2 rings (SSSR count). The molecule has 4 heteroatoms. The minimum Gasteiger partial charge on any atom is -0.383 e. The van der Waals surface area contributed by atoms with Crippen LogP contribution in [0, 0.1) is 11.8 Å². The molecule has 0 amide bonds. The molecule has 0 aromatic carbocycles. The fourth-order valence-electron chi connectivity index (χ4n) is 2.81. The summed E-state index contributed by atoms with van der Waals surface area (Å²) in [5.41, 5.74) is 7.03. The molecule has 0 unspecified atom stereocenters. The van der Waals surface area contributed by atoms with E-state index in [2.05, 4.69) is 35.6 Å². The van der Waals surface area contributed by atoms with Crippen LogP contribution in [0.5, 0.6) is 0 Å². The second-order valence-corrected chi connectivity index (χ2v) is 5.48. The van der Waals surface area contributed by atoms with Crippen LogP contribution in [-0.2, 0) is 6.42 Å². The first kappa shape index (κ1) is 13.1. The van der Waals surface area contributed by atoms with Crippen LogP contribution in [0.25, 0.3) is 0 Å². The van der Waals surface area contributed by atoms with Gasteiger partial charge in [-0.05, 0) is 31.1 Å². The molecule has 18 heavy (non-hydrogen) atoms. The van der Waals surface area contributed by atoms with Gasteiger partial charge in [0.05, 0.1) is 0 Å². The Bertz CT molecular complexity index is 395. The van der Waals surface area contributed by atoms with Crippen molar-refractivity contribution in [3.8, 4) is 0 Å². The summed E-state index contributed by atoms with van der Waals surface area (Å²) < 4.78 is 0. The van der Waals surface area contributed by atoms with E-state index in [4.69, 9.17) is 5.73 Å². The van der Waals surface area contributed by atoms with E-state index in [-0.39, 0.29) is 0 Å². The maximum Gasteiger partial charge on any atom is 0.137 e. The maximum atomic E-state index is 5.94. The third-order valence-electron chi connectivity index (χ3n) is 4.09. The molecule has 0 spiro atoms. The van der Waals surface area contributed by atoms with Crippen molar-refractivity contribution in [2.24, 2.45) is 11.8 Å². The van der Waals surface area contributed by atoms with E-state index >= 15 is 0 Å². The van der Waals surface area contributed by atoms with Gasteiger partial charge >= 0.3 is 0 Å². The Hall–Kier alpha value is -1.32. The van der Waals surface area contributed by atoms with E-state index in [0.29, 0.717) is 5.82 Å². The summed E-state index contributed by atoms with van der Waals surface area (Å²) >= 11 is 0. The molecule has 0 saturated carbocycles. The van der Waals surface area contributed by atoms with E-state index in [1.807, 2.05) is 0 Å². The fraction of sp³-hybridized carbons (Fsp3) is 0.714. The third-order valence-corrected chi connectivity index (χ3v) is 4.09. The molecule has 1 aromatic rings. The van der Waals surface area contributed by atoms with Gasteiger partial charge < -0.3 is 10.6 Å². The average molecular weight is 248 g/mol. The highest BCUT2D eigenvalue weighted by atomic mass is 15.2. The van der Waals surface area contributed by atoms with Crippen molar-refractivity contribution in [3.63, 3.8) is 0 Å². The zero-order valence-corrected chi connectivity index (χ0v) is 11.7. The highest BCUT2D eigenvalue weighted by Crippen LogP contribution is 2.29. The second-order valence-electron chi connectivity index (χ2n) is 5.48. The van der Waals surface area contributed by atoms with Gasteiger partial charge in [0, 0.05) is 18.7 Å². The van der Waals surface area contributed by atoms with Crippen molar-refractivity contribution in [3.05, 3.63) is 11.9 Å². The number of nitrogens with zero attached hydrogens (tertiary/aromatic N) is 3. The summed E-state index contributed by atoms with van der Waals surface area (Å²) in [5, 5.41) is 0. The van der Waals surface area contributed by atoms with Crippen LogP contribution >= 0.6 is 0 Å². The average Bonchev–Trinajstić information content (AvgIpc) is 2.38. The molecular formula is C14H24N4. The number of anilines is 2. The van der Waals surface area contributed by atoms with Crippen LogP contribution in [0.3, 0.4) is 0 Å². The normalized spacial score (nSPS) is 17.4. The highest BCUT2D eigenvalue weighted by molar-refractivity contribution is 5.56. The Morgan fingerprint density at radius 1 is 1.33 bits per heavy atom. The Balaban J connectivity index is 2.12. The van der Waals surface area contributed by atoms with Crippen molar-refractivity contribution >= 4 is 11.6 Å². The molecule has 2 heterocycles. The lowest BCUT2D eigenvalue weighted by atomic mass is 9.86. The quantitative estimate of drug-likeness (QED) is 0.893. The monoisotopic (exact) mass is 248 g/mol. The lowest BCUT2D eigenvalue weighted by Gasteiger charge is -2.35. The van der Waals surface area contributed by atoms with Crippen molar-refractivity contribution in [1.82, 2.24) is 9.97 Å². The Labute approximate surface area is 110 Å². The third kappa shape index (κ3) is 2.57. The molecule has 1 aliphatic heterocycles. The van der Waals surface area contributed by atoms with Crippen LogP contribution < -0.4 is 10.6 Å². The van der Waals surface area contributed by atoms with E-state index in [1.165, 1.54) is 12.8 Å². The molecule has 0 radical (unpaired) electrons. The number of rotatable bonds is 3. The molecule has 4 nitrogen and oxygen atoms in total. The number of nitrogen functional groups attached to an aromatic ring is 1. The Morgan fingerprint density at radius 2 is 2.00 bits per heavy atom. The molecule has 1 saturated heterocycles. The summed E-state index contributed by atoms with van der Waals surface area (Å²) in [7, 11) is 0. The molecule has 1 fully saturated rings. The fourth-order valence-corrected chi connectivity index (χ4v) is 2.81. The van der Waals surface area contributed by atoms with Crippen molar-refractivity contribution < 1.29 is 0 Å². The SMILES string of the molecule is CCc1c(N)ncnc1N1CCC(C(C)C)CC1. The summed E-state index contributed by atoms with van der Waals surface area (Å²) in [5.74, 6) is 3.32. The van der Waals surface area contributed by atoms with Crippen LogP contribution in [0.4, 0.5) is 11.6 Å². The zero-order chi connectivity index (χ0) is 13.1. The molecule has 0 bridgehead atoms. The van der Waals surface area contributed by atoms with Crippen molar-refractivity contribution in [1.29, 1.82) is 0 Å². The van der Waals surface area contributed by atoms with E-state index < -0.39 is 0 Å². The maximum absolute atomic E-state index is 5.94. The second kappa shape index (κ2) is 5.55. The highest BCUT2D eigenvalue weighted by Gasteiger charge is 2.24.